The summed E-state index contributed by atoms with van der Waals surface area (Å²) in [5, 5.41) is 3.75. The molecule has 2 aromatic heterocycles. The number of hydrogen-bond acceptors (Lipinski definition) is 6. The normalized spacial score (nSPS) is 18.1. The van der Waals surface area contributed by atoms with Crippen LogP contribution < -0.4 is 9.64 Å². The first-order chi connectivity index (χ1) is 13.3. The summed E-state index contributed by atoms with van der Waals surface area (Å²) in [4.78, 5) is 13.4. The van der Waals surface area contributed by atoms with E-state index >= 15 is 0 Å². The highest BCUT2D eigenvalue weighted by Crippen LogP contribution is 2.28. The largest absolute Gasteiger partial charge is 0.491 e. The number of rotatable bonds is 6. The lowest BCUT2D eigenvalue weighted by Gasteiger charge is -2.40. The molecule has 5 nitrogen and oxygen atoms in total. The number of aryl methyl sites for hydroxylation is 1. The van der Waals surface area contributed by atoms with E-state index < -0.39 is 0 Å². The zero-order chi connectivity index (χ0) is 18.6. The Labute approximate surface area is 164 Å². The smallest absolute Gasteiger partial charge is 0.179 e. The molecule has 0 spiro atoms. The van der Waals surface area contributed by atoms with Crippen LogP contribution in [0.4, 0.5) is 5.82 Å². The van der Waals surface area contributed by atoms with Gasteiger partial charge in [0.05, 0.1) is 13.3 Å². The maximum absolute atomic E-state index is 5.42. The van der Waals surface area contributed by atoms with Gasteiger partial charge in [0.1, 0.15) is 6.33 Å². The monoisotopic (exact) mass is 382 g/mol. The number of fused-ring (bicyclic) bond motifs is 1. The highest BCUT2D eigenvalue weighted by atomic mass is 32.1. The second-order valence-electron chi connectivity index (χ2n) is 7.11. The Morgan fingerprint density at radius 2 is 2.15 bits per heavy atom. The van der Waals surface area contributed by atoms with Crippen LogP contribution in [0.2, 0.25) is 0 Å². The van der Waals surface area contributed by atoms with E-state index in [0.29, 0.717) is 6.04 Å². The molecule has 1 fully saturated rings. The van der Waals surface area contributed by atoms with E-state index in [1.807, 2.05) is 11.3 Å². The molecule has 6 heteroatoms. The van der Waals surface area contributed by atoms with Crippen LogP contribution in [0, 0.1) is 0 Å². The molecule has 1 aliphatic heterocycles. The summed E-state index contributed by atoms with van der Waals surface area (Å²) in [6, 6.07) is 9.22. The first-order valence-electron chi connectivity index (χ1n) is 9.54. The number of piperazine rings is 1. The zero-order valence-corrected chi connectivity index (χ0v) is 16.8. The fourth-order valence-electron chi connectivity index (χ4n) is 3.91. The van der Waals surface area contributed by atoms with Crippen molar-refractivity contribution < 1.29 is 4.74 Å². The van der Waals surface area contributed by atoms with E-state index in [4.69, 9.17) is 4.74 Å². The molecule has 1 atom stereocenters. The van der Waals surface area contributed by atoms with Gasteiger partial charge in [-0.15, -0.1) is 11.3 Å². The quantitative estimate of drug-likeness (QED) is 0.648. The molecular weight excluding hydrogens is 356 g/mol. The summed E-state index contributed by atoms with van der Waals surface area (Å²) in [6.45, 7) is 6.44. The van der Waals surface area contributed by atoms with Crippen molar-refractivity contribution in [2.45, 2.75) is 25.8 Å². The summed E-state index contributed by atoms with van der Waals surface area (Å²) in [7, 11) is 1.68. The van der Waals surface area contributed by atoms with Crippen molar-refractivity contribution in [3.63, 3.8) is 0 Å². The molecule has 0 N–H and O–H groups in total. The molecular formula is C21H26N4OS. The molecule has 27 heavy (non-hydrogen) atoms. The van der Waals surface area contributed by atoms with Gasteiger partial charge in [-0.3, -0.25) is 4.90 Å². The van der Waals surface area contributed by atoms with E-state index in [2.05, 4.69) is 56.3 Å². The van der Waals surface area contributed by atoms with E-state index in [1.165, 1.54) is 22.1 Å². The van der Waals surface area contributed by atoms with E-state index in [0.717, 1.165) is 44.2 Å². The van der Waals surface area contributed by atoms with Crippen LogP contribution in [0.25, 0.3) is 10.1 Å². The Kier molecular flexibility index (Phi) is 5.55. The van der Waals surface area contributed by atoms with Gasteiger partial charge in [-0.25, -0.2) is 9.97 Å². The number of methoxy groups -OCH3 is 1. The van der Waals surface area contributed by atoms with E-state index in [-0.39, 0.29) is 0 Å². The standard InChI is InChI=1S/C21H26N4OS/c1-16-13-25(21-19(26-2)12-22-15-23-21)11-10-24(16)9-5-6-17-14-27-20-8-4-3-7-18(17)20/h3-4,7-8,12,14-16H,5-6,9-11,13H2,1-2H3. The fourth-order valence-corrected chi connectivity index (χ4v) is 4.91. The van der Waals surface area contributed by atoms with Gasteiger partial charge in [0.2, 0.25) is 0 Å². The Hall–Kier alpha value is -2.18. The number of nitrogens with zero attached hydrogens (tertiary/aromatic N) is 4. The Morgan fingerprint density at radius 3 is 3.00 bits per heavy atom. The number of hydrogen-bond donors (Lipinski definition) is 0. The maximum Gasteiger partial charge on any atom is 0.179 e. The molecule has 142 valence electrons. The van der Waals surface area contributed by atoms with Crippen molar-refractivity contribution in [1.82, 2.24) is 14.9 Å². The summed E-state index contributed by atoms with van der Waals surface area (Å²) >= 11 is 1.86. The topological polar surface area (TPSA) is 41.5 Å². The molecule has 1 aromatic carbocycles. The van der Waals surface area contributed by atoms with Crippen molar-refractivity contribution in [3.8, 4) is 5.75 Å². The van der Waals surface area contributed by atoms with E-state index in [9.17, 15) is 0 Å². The molecule has 0 saturated carbocycles. The van der Waals surface area contributed by atoms with Crippen molar-refractivity contribution in [2.75, 3.05) is 38.2 Å². The van der Waals surface area contributed by atoms with E-state index in [1.54, 1.807) is 19.6 Å². The minimum Gasteiger partial charge on any atom is -0.491 e. The second kappa shape index (κ2) is 8.23. The summed E-state index contributed by atoms with van der Waals surface area (Å²) in [5.74, 6) is 1.66. The van der Waals surface area contributed by atoms with Crippen molar-refractivity contribution in [3.05, 3.63) is 47.7 Å². The third-order valence-corrected chi connectivity index (χ3v) is 6.41. The van der Waals surface area contributed by atoms with Gasteiger partial charge < -0.3 is 9.64 Å². The maximum atomic E-state index is 5.42. The van der Waals surface area contributed by atoms with Crippen molar-refractivity contribution >= 4 is 27.2 Å². The summed E-state index contributed by atoms with van der Waals surface area (Å²) in [6.07, 6.45) is 5.68. The molecule has 1 aliphatic rings. The lowest BCUT2D eigenvalue weighted by Crippen LogP contribution is -2.52. The molecule has 1 unspecified atom stereocenters. The lowest BCUT2D eigenvalue weighted by atomic mass is 10.1. The molecule has 0 amide bonds. The molecule has 0 bridgehead atoms. The van der Waals surface area contributed by atoms with Gasteiger partial charge in [0.25, 0.3) is 0 Å². The van der Waals surface area contributed by atoms with Gasteiger partial charge in [0, 0.05) is 30.4 Å². The highest BCUT2D eigenvalue weighted by Gasteiger charge is 2.25. The first-order valence-corrected chi connectivity index (χ1v) is 10.4. The molecule has 0 aliphatic carbocycles. The molecule has 3 heterocycles. The minimum atomic E-state index is 0.498. The Morgan fingerprint density at radius 1 is 1.26 bits per heavy atom. The third-order valence-electron chi connectivity index (χ3n) is 5.40. The molecule has 1 saturated heterocycles. The van der Waals surface area contributed by atoms with Crippen LogP contribution in [-0.2, 0) is 6.42 Å². The number of thiophene rings is 1. The van der Waals surface area contributed by atoms with Crippen LogP contribution in [0.15, 0.2) is 42.2 Å². The number of anilines is 1. The highest BCUT2D eigenvalue weighted by molar-refractivity contribution is 7.17. The van der Waals surface area contributed by atoms with Gasteiger partial charge in [0.15, 0.2) is 11.6 Å². The van der Waals surface area contributed by atoms with Crippen molar-refractivity contribution in [2.24, 2.45) is 0 Å². The first kappa shape index (κ1) is 18.2. The second-order valence-corrected chi connectivity index (χ2v) is 8.02. The third kappa shape index (κ3) is 3.92. The van der Waals surface area contributed by atoms with Gasteiger partial charge in [-0.2, -0.15) is 0 Å². The lowest BCUT2D eigenvalue weighted by molar-refractivity contribution is 0.186. The molecule has 4 rings (SSSR count). The van der Waals surface area contributed by atoms with Crippen LogP contribution in [0.1, 0.15) is 18.9 Å². The van der Waals surface area contributed by atoms with Gasteiger partial charge >= 0.3 is 0 Å². The Bertz CT molecular complexity index is 897. The van der Waals surface area contributed by atoms with Crippen molar-refractivity contribution in [1.29, 1.82) is 0 Å². The Balaban J connectivity index is 1.32. The molecule has 0 radical (unpaired) electrons. The SMILES string of the molecule is COc1cncnc1N1CCN(CCCc2csc3ccccc23)C(C)C1. The average molecular weight is 383 g/mol. The fraction of sp³-hybridized carbons (Fsp3) is 0.429. The van der Waals surface area contributed by atoms with Crippen LogP contribution in [-0.4, -0.2) is 54.2 Å². The summed E-state index contributed by atoms with van der Waals surface area (Å²) in [5.41, 5.74) is 1.49. The average Bonchev–Trinajstić information content (AvgIpc) is 3.12. The zero-order valence-electron chi connectivity index (χ0n) is 16.0. The number of ether oxygens (including phenoxy) is 1. The summed E-state index contributed by atoms with van der Waals surface area (Å²) < 4.78 is 6.82. The minimum absolute atomic E-state index is 0.498. The predicted molar refractivity (Wildman–Crippen MR) is 112 cm³/mol. The van der Waals surface area contributed by atoms with Crippen LogP contribution in [0.5, 0.6) is 5.75 Å². The number of benzene rings is 1. The number of aromatic nitrogens is 2. The van der Waals surface area contributed by atoms with Crippen LogP contribution in [0.3, 0.4) is 0 Å². The van der Waals surface area contributed by atoms with Crippen LogP contribution >= 0.6 is 11.3 Å². The van der Waals surface area contributed by atoms with Gasteiger partial charge in [-0.05, 0) is 48.7 Å². The molecule has 3 aromatic rings. The van der Waals surface area contributed by atoms with Gasteiger partial charge in [-0.1, -0.05) is 18.2 Å². The predicted octanol–water partition coefficient (Wildman–Crippen LogP) is 3.84.